The van der Waals surface area contributed by atoms with Crippen molar-refractivity contribution in [3.05, 3.63) is 22.8 Å². The summed E-state index contributed by atoms with van der Waals surface area (Å²) in [5.74, 6) is 0.0619. The van der Waals surface area contributed by atoms with Crippen LogP contribution in [0.4, 0.5) is 11.4 Å². The van der Waals surface area contributed by atoms with Gasteiger partial charge in [0, 0.05) is 11.4 Å². The van der Waals surface area contributed by atoms with Crippen molar-refractivity contribution in [3.63, 3.8) is 0 Å². The predicted octanol–water partition coefficient (Wildman–Crippen LogP) is 1.38. The van der Waals surface area contributed by atoms with Crippen LogP contribution in [0.2, 0.25) is 0 Å². The second kappa shape index (κ2) is 2.49. The van der Waals surface area contributed by atoms with Gasteiger partial charge >= 0.3 is 0 Å². The van der Waals surface area contributed by atoms with Gasteiger partial charge < -0.3 is 11.1 Å². The zero-order chi connectivity index (χ0) is 9.59. The maximum absolute atomic E-state index is 11.2. The summed E-state index contributed by atoms with van der Waals surface area (Å²) in [4.78, 5) is 11.2. The van der Waals surface area contributed by atoms with Gasteiger partial charge in [-0.3, -0.25) is 4.79 Å². The smallest absolute Gasteiger partial charge is 0.228 e. The third kappa shape index (κ3) is 1.08. The summed E-state index contributed by atoms with van der Waals surface area (Å²) in [7, 11) is 0. The quantitative estimate of drug-likeness (QED) is 0.587. The van der Waals surface area contributed by atoms with Crippen LogP contribution in [-0.2, 0) is 11.2 Å². The second-order valence-electron chi connectivity index (χ2n) is 3.49. The van der Waals surface area contributed by atoms with Crippen LogP contribution in [-0.4, -0.2) is 5.91 Å². The Bertz CT molecular complexity index is 396. The van der Waals surface area contributed by atoms with Crippen molar-refractivity contribution in [2.24, 2.45) is 0 Å². The molecule has 0 fully saturated rings. The van der Waals surface area contributed by atoms with Gasteiger partial charge in [-0.05, 0) is 36.6 Å². The average Bonchev–Trinajstić information content (AvgIpc) is 2.44. The van der Waals surface area contributed by atoms with Crippen LogP contribution in [0.5, 0.6) is 0 Å². The van der Waals surface area contributed by atoms with E-state index in [0.717, 1.165) is 28.1 Å². The van der Waals surface area contributed by atoms with Crippen molar-refractivity contribution < 1.29 is 4.79 Å². The van der Waals surface area contributed by atoms with E-state index in [1.165, 1.54) is 0 Å². The number of fused-ring (bicyclic) bond motifs is 1. The Balaban J connectivity index is 2.69. The average molecular weight is 176 g/mol. The number of rotatable bonds is 0. The maximum atomic E-state index is 11.2. The highest BCUT2D eigenvalue weighted by Gasteiger charge is 2.22. The summed E-state index contributed by atoms with van der Waals surface area (Å²) >= 11 is 0. The van der Waals surface area contributed by atoms with Gasteiger partial charge in [0.05, 0.1) is 6.42 Å². The van der Waals surface area contributed by atoms with Crippen molar-refractivity contribution in [3.8, 4) is 0 Å². The largest absolute Gasteiger partial charge is 0.398 e. The lowest BCUT2D eigenvalue weighted by atomic mass is 10.0. The highest BCUT2D eigenvalue weighted by atomic mass is 16.1. The van der Waals surface area contributed by atoms with Crippen LogP contribution in [0.15, 0.2) is 6.07 Å². The molecule has 0 saturated heterocycles. The lowest BCUT2D eigenvalue weighted by Gasteiger charge is -2.09. The standard InChI is InChI=1S/C10H12N2O/c1-5-3-8(11)6(2)7-4-9(13)12-10(5)7/h3H,4,11H2,1-2H3,(H,12,13). The number of hydrogen-bond donors (Lipinski definition) is 2. The highest BCUT2D eigenvalue weighted by Crippen LogP contribution is 2.32. The number of aryl methyl sites for hydroxylation is 1. The van der Waals surface area contributed by atoms with E-state index in [9.17, 15) is 4.79 Å². The lowest BCUT2D eigenvalue weighted by molar-refractivity contribution is -0.115. The van der Waals surface area contributed by atoms with Crippen LogP contribution in [0.1, 0.15) is 16.7 Å². The Morgan fingerprint density at radius 3 is 2.85 bits per heavy atom. The zero-order valence-corrected chi connectivity index (χ0v) is 7.77. The van der Waals surface area contributed by atoms with Gasteiger partial charge in [-0.1, -0.05) is 0 Å². The third-order valence-electron chi connectivity index (χ3n) is 2.56. The molecule has 2 rings (SSSR count). The molecule has 13 heavy (non-hydrogen) atoms. The molecule has 1 amide bonds. The molecule has 1 aliphatic heterocycles. The summed E-state index contributed by atoms with van der Waals surface area (Å²) in [6, 6.07) is 1.90. The highest BCUT2D eigenvalue weighted by molar-refractivity contribution is 6.01. The first-order valence-corrected chi connectivity index (χ1v) is 4.28. The molecule has 0 aliphatic carbocycles. The van der Waals surface area contributed by atoms with E-state index in [1.54, 1.807) is 0 Å². The topological polar surface area (TPSA) is 55.1 Å². The molecular formula is C10H12N2O. The minimum Gasteiger partial charge on any atom is -0.398 e. The van der Waals surface area contributed by atoms with Gasteiger partial charge in [-0.2, -0.15) is 0 Å². The molecule has 1 heterocycles. The van der Waals surface area contributed by atoms with Gasteiger partial charge in [0.25, 0.3) is 0 Å². The number of carbonyl (C=O) groups excluding carboxylic acids is 1. The summed E-state index contributed by atoms with van der Waals surface area (Å²) in [6.07, 6.45) is 0.465. The normalized spacial score (nSPS) is 14.2. The van der Waals surface area contributed by atoms with Gasteiger partial charge in [-0.15, -0.1) is 0 Å². The number of hydrogen-bond acceptors (Lipinski definition) is 2. The van der Waals surface area contributed by atoms with E-state index in [1.807, 2.05) is 19.9 Å². The zero-order valence-electron chi connectivity index (χ0n) is 7.77. The molecule has 0 bridgehead atoms. The molecule has 1 aromatic carbocycles. The SMILES string of the molecule is Cc1cc(N)c(C)c2c1NC(=O)C2. The molecular weight excluding hydrogens is 164 g/mol. The predicted molar refractivity (Wildman–Crippen MR) is 52.7 cm³/mol. The molecule has 0 unspecified atom stereocenters. The van der Waals surface area contributed by atoms with Crippen LogP contribution < -0.4 is 11.1 Å². The molecule has 0 atom stereocenters. The van der Waals surface area contributed by atoms with Crippen molar-refractivity contribution >= 4 is 17.3 Å². The fourth-order valence-corrected chi connectivity index (χ4v) is 1.75. The molecule has 3 nitrogen and oxygen atoms in total. The number of nitrogens with two attached hydrogens (primary N) is 1. The van der Waals surface area contributed by atoms with Crippen LogP contribution in [0.25, 0.3) is 0 Å². The summed E-state index contributed by atoms with van der Waals surface area (Å²) in [5.41, 5.74) is 10.7. The van der Waals surface area contributed by atoms with Gasteiger partial charge in [0.1, 0.15) is 0 Å². The van der Waals surface area contributed by atoms with Crippen molar-refractivity contribution in [1.29, 1.82) is 0 Å². The number of nitrogen functional groups attached to an aromatic ring is 1. The first-order chi connectivity index (χ1) is 6.09. The summed E-state index contributed by atoms with van der Waals surface area (Å²) in [5, 5.41) is 2.84. The molecule has 0 saturated carbocycles. The van der Waals surface area contributed by atoms with Crippen LogP contribution in [0.3, 0.4) is 0 Å². The molecule has 3 heteroatoms. The second-order valence-corrected chi connectivity index (χ2v) is 3.49. The maximum Gasteiger partial charge on any atom is 0.228 e. The first kappa shape index (κ1) is 8.10. The Labute approximate surface area is 76.9 Å². The van der Waals surface area contributed by atoms with E-state index < -0.39 is 0 Å². The van der Waals surface area contributed by atoms with Gasteiger partial charge in [0.15, 0.2) is 0 Å². The van der Waals surface area contributed by atoms with Gasteiger partial charge in [-0.25, -0.2) is 0 Å². The summed E-state index contributed by atoms with van der Waals surface area (Å²) in [6.45, 7) is 3.91. The van der Waals surface area contributed by atoms with Crippen LogP contribution >= 0.6 is 0 Å². The minimum absolute atomic E-state index is 0.0619. The third-order valence-corrected chi connectivity index (χ3v) is 2.56. The molecule has 3 N–H and O–H groups in total. The molecule has 1 aliphatic rings. The minimum atomic E-state index is 0.0619. The Morgan fingerprint density at radius 1 is 1.46 bits per heavy atom. The summed E-state index contributed by atoms with van der Waals surface area (Å²) < 4.78 is 0. The van der Waals surface area contributed by atoms with Crippen molar-refractivity contribution in [2.45, 2.75) is 20.3 Å². The molecule has 1 aromatic rings. The van der Waals surface area contributed by atoms with Crippen molar-refractivity contribution in [2.75, 3.05) is 11.1 Å². The number of amides is 1. The number of carbonyl (C=O) groups is 1. The van der Waals surface area contributed by atoms with E-state index in [4.69, 9.17) is 5.73 Å². The lowest BCUT2D eigenvalue weighted by Crippen LogP contribution is -2.04. The molecule has 68 valence electrons. The van der Waals surface area contributed by atoms with E-state index in [0.29, 0.717) is 6.42 Å². The van der Waals surface area contributed by atoms with E-state index >= 15 is 0 Å². The Morgan fingerprint density at radius 2 is 2.15 bits per heavy atom. The van der Waals surface area contributed by atoms with Gasteiger partial charge in [0.2, 0.25) is 5.91 Å². The monoisotopic (exact) mass is 176 g/mol. The van der Waals surface area contributed by atoms with E-state index in [2.05, 4.69) is 5.32 Å². The first-order valence-electron chi connectivity index (χ1n) is 4.28. The molecule has 0 radical (unpaired) electrons. The van der Waals surface area contributed by atoms with Crippen LogP contribution in [0, 0.1) is 13.8 Å². The fraction of sp³-hybridized carbons (Fsp3) is 0.300. The number of anilines is 2. The number of benzene rings is 1. The molecule has 0 spiro atoms. The van der Waals surface area contributed by atoms with E-state index in [-0.39, 0.29) is 5.91 Å². The Hall–Kier alpha value is -1.51. The fourth-order valence-electron chi connectivity index (χ4n) is 1.75. The number of nitrogens with one attached hydrogen (secondary N) is 1. The molecule has 0 aromatic heterocycles. The Kier molecular flexibility index (Phi) is 1.55. The van der Waals surface area contributed by atoms with Crippen molar-refractivity contribution in [1.82, 2.24) is 0 Å².